The molecule has 2 aromatic rings. The van der Waals surface area contributed by atoms with E-state index < -0.39 is 29.7 Å². The van der Waals surface area contributed by atoms with Gasteiger partial charge in [0, 0.05) is 19.0 Å². The fourth-order valence-electron chi connectivity index (χ4n) is 4.35. The summed E-state index contributed by atoms with van der Waals surface area (Å²) >= 11 is 0. The van der Waals surface area contributed by atoms with Gasteiger partial charge in [0.05, 0.1) is 0 Å². The molecule has 2 rings (SSSR count). The summed E-state index contributed by atoms with van der Waals surface area (Å²) in [6.07, 6.45) is 1.18. The Hall–Kier alpha value is -3.55. The monoisotopic (exact) mass is 539 g/mol. The van der Waals surface area contributed by atoms with Crippen molar-refractivity contribution >= 4 is 17.9 Å². The lowest BCUT2D eigenvalue weighted by molar-refractivity contribution is -0.144. The summed E-state index contributed by atoms with van der Waals surface area (Å²) in [4.78, 5) is 42.4. The van der Waals surface area contributed by atoms with Gasteiger partial charge in [-0.05, 0) is 89.3 Å². The van der Waals surface area contributed by atoms with E-state index in [9.17, 15) is 19.5 Å². The van der Waals surface area contributed by atoms with Gasteiger partial charge in [0.2, 0.25) is 11.8 Å². The highest BCUT2D eigenvalue weighted by Gasteiger charge is 2.38. The fraction of sp³-hybridized carbons (Fsp3) is 0.516. The summed E-state index contributed by atoms with van der Waals surface area (Å²) in [6, 6.07) is 9.95. The first-order valence-corrected chi connectivity index (χ1v) is 13.7. The molecule has 8 nitrogen and oxygen atoms in total. The Bertz CT molecular complexity index is 1120. The maximum Gasteiger partial charge on any atom is 0.408 e. The Morgan fingerprint density at radius 3 is 2.23 bits per heavy atom. The van der Waals surface area contributed by atoms with Crippen molar-refractivity contribution in [1.29, 1.82) is 0 Å². The smallest absolute Gasteiger partial charge is 0.408 e. The molecule has 0 spiro atoms. The molecule has 0 aliphatic heterocycles. The van der Waals surface area contributed by atoms with E-state index in [0.717, 1.165) is 35.1 Å². The van der Waals surface area contributed by atoms with Crippen LogP contribution in [0.4, 0.5) is 4.79 Å². The zero-order valence-corrected chi connectivity index (χ0v) is 24.6. The quantitative estimate of drug-likeness (QED) is 0.334. The predicted molar refractivity (Wildman–Crippen MR) is 154 cm³/mol. The number of benzene rings is 2. The minimum absolute atomic E-state index is 0.101. The highest BCUT2D eigenvalue weighted by Crippen LogP contribution is 2.29. The van der Waals surface area contributed by atoms with Crippen LogP contribution in [0.1, 0.15) is 82.7 Å². The lowest BCUT2D eigenvalue weighted by atomic mass is 9.93. The molecule has 8 heteroatoms. The van der Waals surface area contributed by atoms with Crippen molar-refractivity contribution in [3.05, 3.63) is 64.7 Å². The van der Waals surface area contributed by atoms with Crippen molar-refractivity contribution in [3.63, 3.8) is 0 Å². The van der Waals surface area contributed by atoms with E-state index in [1.165, 1.54) is 12.1 Å². The molecule has 0 radical (unpaired) electrons. The number of unbranched alkanes of at least 4 members (excludes halogenated alkanes) is 1. The number of carbonyl (C=O) groups is 3. The molecule has 0 heterocycles. The third-order valence-electron chi connectivity index (χ3n) is 6.47. The Morgan fingerprint density at radius 1 is 1.03 bits per heavy atom. The average molecular weight is 540 g/mol. The van der Waals surface area contributed by atoms with Crippen molar-refractivity contribution in [2.75, 3.05) is 6.54 Å². The standard InChI is InChI=1S/C31H45N3O5/c1-9-10-18-32-28(36)27(25-13-11-12-21(4)22(25)5)34(20(2)3)29(37)26(33-30(38)39-31(6,7)8)19-23-14-16-24(35)17-15-23/h11-17,20,26-27,35H,9-10,18-19H2,1-8H3,(H,32,36)(H,33,38). The molecule has 39 heavy (non-hydrogen) atoms. The number of phenolic OH excluding ortho intramolecular Hbond substituents is 1. The third kappa shape index (κ3) is 9.30. The van der Waals surface area contributed by atoms with Crippen LogP contribution < -0.4 is 10.6 Å². The van der Waals surface area contributed by atoms with Gasteiger partial charge in [0.15, 0.2) is 0 Å². The summed E-state index contributed by atoms with van der Waals surface area (Å²) in [5, 5.41) is 15.5. The van der Waals surface area contributed by atoms with Crippen LogP contribution in [-0.4, -0.2) is 52.1 Å². The Morgan fingerprint density at radius 2 is 1.67 bits per heavy atom. The number of amides is 3. The van der Waals surface area contributed by atoms with Gasteiger partial charge in [-0.2, -0.15) is 0 Å². The van der Waals surface area contributed by atoms with Gasteiger partial charge in [-0.25, -0.2) is 4.79 Å². The van der Waals surface area contributed by atoms with Crippen LogP contribution >= 0.6 is 0 Å². The van der Waals surface area contributed by atoms with E-state index in [1.54, 1.807) is 37.8 Å². The van der Waals surface area contributed by atoms with Gasteiger partial charge in [-0.15, -0.1) is 0 Å². The van der Waals surface area contributed by atoms with Crippen LogP contribution in [0.2, 0.25) is 0 Å². The van der Waals surface area contributed by atoms with Crippen molar-refractivity contribution in [2.24, 2.45) is 0 Å². The van der Waals surface area contributed by atoms with Gasteiger partial charge in [-0.1, -0.05) is 43.7 Å². The van der Waals surface area contributed by atoms with E-state index in [4.69, 9.17) is 4.74 Å². The molecule has 0 bridgehead atoms. The Balaban J connectivity index is 2.57. The summed E-state index contributed by atoms with van der Waals surface area (Å²) < 4.78 is 5.47. The molecule has 0 fully saturated rings. The first kappa shape index (κ1) is 31.7. The van der Waals surface area contributed by atoms with Crippen LogP contribution in [-0.2, 0) is 20.7 Å². The molecule has 3 amide bonds. The van der Waals surface area contributed by atoms with Crippen LogP contribution in [0, 0.1) is 13.8 Å². The number of phenols is 1. The van der Waals surface area contributed by atoms with E-state index in [2.05, 4.69) is 17.6 Å². The average Bonchev–Trinajstić information content (AvgIpc) is 2.83. The number of aryl methyl sites for hydroxylation is 1. The van der Waals surface area contributed by atoms with Gasteiger partial charge in [-0.3, -0.25) is 9.59 Å². The lowest BCUT2D eigenvalue weighted by Crippen LogP contribution is -2.55. The minimum atomic E-state index is -1.01. The molecule has 0 aliphatic carbocycles. The van der Waals surface area contributed by atoms with Gasteiger partial charge < -0.3 is 25.4 Å². The Kier molecular flexibility index (Phi) is 11.4. The molecule has 2 atom stereocenters. The fourth-order valence-corrected chi connectivity index (χ4v) is 4.35. The number of aromatic hydroxyl groups is 1. The van der Waals surface area contributed by atoms with Gasteiger partial charge in [0.1, 0.15) is 23.4 Å². The van der Waals surface area contributed by atoms with Crippen LogP contribution in [0.25, 0.3) is 0 Å². The summed E-state index contributed by atoms with van der Waals surface area (Å²) in [6.45, 7) is 15.5. The molecule has 0 aromatic heterocycles. The number of carbonyl (C=O) groups excluding carboxylic acids is 3. The highest BCUT2D eigenvalue weighted by molar-refractivity contribution is 5.92. The lowest BCUT2D eigenvalue weighted by Gasteiger charge is -2.38. The second-order valence-corrected chi connectivity index (χ2v) is 11.2. The SMILES string of the molecule is CCCCNC(=O)C(c1cccc(C)c1C)N(C(=O)C(Cc1ccc(O)cc1)NC(=O)OC(C)(C)C)C(C)C. The van der Waals surface area contributed by atoms with Crippen molar-refractivity contribution < 1.29 is 24.2 Å². The number of hydrogen-bond donors (Lipinski definition) is 3. The number of ether oxygens (including phenoxy) is 1. The number of nitrogens with zero attached hydrogens (tertiary/aromatic N) is 1. The molecule has 3 N–H and O–H groups in total. The highest BCUT2D eigenvalue weighted by atomic mass is 16.6. The second-order valence-electron chi connectivity index (χ2n) is 11.2. The van der Waals surface area contributed by atoms with E-state index in [1.807, 2.05) is 45.9 Å². The van der Waals surface area contributed by atoms with Crippen molar-refractivity contribution in [3.8, 4) is 5.75 Å². The largest absolute Gasteiger partial charge is 0.508 e. The molecular weight excluding hydrogens is 494 g/mol. The van der Waals surface area contributed by atoms with Crippen LogP contribution in [0.3, 0.4) is 0 Å². The Labute approximate surface area is 233 Å². The molecule has 2 aromatic carbocycles. The first-order chi connectivity index (χ1) is 18.2. The van der Waals surface area contributed by atoms with E-state index in [0.29, 0.717) is 6.54 Å². The molecule has 0 aliphatic rings. The van der Waals surface area contributed by atoms with Crippen molar-refractivity contribution in [2.45, 2.75) is 98.4 Å². The number of rotatable bonds is 11. The first-order valence-electron chi connectivity index (χ1n) is 13.7. The second kappa shape index (κ2) is 14.0. The van der Waals surface area contributed by atoms with Gasteiger partial charge in [0.25, 0.3) is 0 Å². The molecular formula is C31H45N3O5. The van der Waals surface area contributed by atoms with E-state index >= 15 is 0 Å². The minimum Gasteiger partial charge on any atom is -0.508 e. The number of nitrogens with one attached hydrogen (secondary N) is 2. The van der Waals surface area contributed by atoms with E-state index in [-0.39, 0.29) is 24.1 Å². The number of alkyl carbamates (subject to hydrolysis) is 1. The molecule has 0 saturated carbocycles. The predicted octanol–water partition coefficient (Wildman–Crippen LogP) is 5.34. The molecule has 0 saturated heterocycles. The summed E-state index contributed by atoms with van der Waals surface area (Å²) in [5.41, 5.74) is 2.67. The molecule has 214 valence electrons. The zero-order valence-electron chi connectivity index (χ0n) is 24.6. The number of hydrogen-bond acceptors (Lipinski definition) is 5. The third-order valence-corrected chi connectivity index (χ3v) is 6.47. The van der Waals surface area contributed by atoms with Crippen LogP contribution in [0.5, 0.6) is 5.75 Å². The van der Waals surface area contributed by atoms with Crippen molar-refractivity contribution in [1.82, 2.24) is 15.5 Å². The summed E-state index contributed by atoms with van der Waals surface area (Å²) in [5.74, 6) is -0.565. The maximum absolute atomic E-state index is 14.3. The summed E-state index contributed by atoms with van der Waals surface area (Å²) in [7, 11) is 0. The zero-order chi connectivity index (χ0) is 29.3. The topological polar surface area (TPSA) is 108 Å². The normalized spacial score (nSPS) is 12.9. The van der Waals surface area contributed by atoms with Gasteiger partial charge >= 0.3 is 6.09 Å². The maximum atomic E-state index is 14.3. The van der Waals surface area contributed by atoms with Crippen LogP contribution in [0.15, 0.2) is 42.5 Å². The molecule has 2 unspecified atom stereocenters.